The molecule has 2 aliphatic carbocycles. The zero-order chi connectivity index (χ0) is 18.9. The number of fused-ring (bicyclic) bond motifs is 5. The highest BCUT2D eigenvalue weighted by Gasteiger charge is 2.68. The van der Waals surface area contributed by atoms with Crippen molar-refractivity contribution in [3.05, 3.63) is 12.2 Å². The lowest BCUT2D eigenvalue weighted by atomic mass is 9.47. The molecule has 6 heteroatoms. The van der Waals surface area contributed by atoms with Gasteiger partial charge in [0.1, 0.15) is 12.4 Å². The van der Waals surface area contributed by atoms with E-state index < -0.39 is 17.3 Å². The largest absolute Gasteiger partial charge is 0.478 e. The number of aliphatic carboxylic acids is 1. The second-order valence-electron chi connectivity index (χ2n) is 9.02. The van der Waals surface area contributed by atoms with E-state index in [0.717, 1.165) is 0 Å². The Kier molecular flexibility index (Phi) is 3.85. The first-order chi connectivity index (χ1) is 12.2. The van der Waals surface area contributed by atoms with Crippen LogP contribution in [0, 0.1) is 34.5 Å². The van der Waals surface area contributed by atoms with Crippen LogP contribution in [0.1, 0.15) is 39.5 Å². The Hall–Kier alpha value is -1.69. The van der Waals surface area contributed by atoms with Crippen molar-refractivity contribution in [2.45, 2.75) is 45.6 Å². The second-order valence-corrected chi connectivity index (χ2v) is 9.02. The van der Waals surface area contributed by atoms with Crippen molar-refractivity contribution in [3.63, 3.8) is 0 Å². The summed E-state index contributed by atoms with van der Waals surface area (Å²) in [7, 11) is 0. The monoisotopic (exact) mass is 362 g/mol. The second kappa shape index (κ2) is 5.65. The van der Waals surface area contributed by atoms with E-state index in [1.807, 2.05) is 0 Å². The predicted octanol–water partition coefficient (Wildman–Crippen LogP) is 2.22. The van der Waals surface area contributed by atoms with Gasteiger partial charge in [-0.1, -0.05) is 20.4 Å². The molecule has 0 aromatic carbocycles. The third-order valence-corrected chi connectivity index (χ3v) is 7.74. The number of rotatable bonds is 2. The van der Waals surface area contributed by atoms with Crippen molar-refractivity contribution < 1.29 is 29.0 Å². The van der Waals surface area contributed by atoms with Crippen molar-refractivity contribution >= 4 is 17.7 Å². The van der Waals surface area contributed by atoms with Crippen molar-refractivity contribution in [3.8, 4) is 0 Å². The molecule has 2 aliphatic heterocycles. The summed E-state index contributed by atoms with van der Waals surface area (Å²) in [5.41, 5.74) is -0.677. The summed E-state index contributed by atoms with van der Waals surface area (Å²) >= 11 is 0. The first kappa shape index (κ1) is 17.7. The fourth-order valence-corrected chi connectivity index (χ4v) is 6.14. The van der Waals surface area contributed by atoms with Crippen molar-refractivity contribution in [2.75, 3.05) is 13.2 Å². The van der Waals surface area contributed by atoms with Gasteiger partial charge in [0.2, 0.25) is 0 Å². The maximum atomic E-state index is 13.2. The molecule has 1 spiro atoms. The van der Waals surface area contributed by atoms with Crippen LogP contribution in [-0.4, -0.2) is 42.1 Å². The molecule has 2 bridgehead atoms. The van der Waals surface area contributed by atoms with Crippen LogP contribution in [0.25, 0.3) is 0 Å². The molecule has 6 unspecified atom stereocenters. The van der Waals surface area contributed by atoms with E-state index in [4.69, 9.17) is 9.47 Å². The van der Waals surface area contributed by atoms with Gasteiger partial charge in [-0.3, -0.25) is 9.59 Å². The Labute approximate surface area is 152 Å². The quantitative estimate of drug-likeness (QED) is 0.598. The number of hydrogen-bond donors (Lipinski definition) is 1. The average molecular weight is 362 g/mol. The molecule has 6 atom stereocenters. The molecule has 1 N–H and O–H groups in total. The van der Waals surface area contributed by atoms with Gasteiger partial charge in [0.25, 0.3) is 0 Å². The number of carboxylic acids is 1. The van der Waals surface area contributed by atoms with E-state index in [2.05, 4.69) is 20.4 Å². The molecule has 26 heavy (non-hydrogen) atoms. The van der Waals surface area contributed by atoms with Crippen LogP contribution in [0.2, 0.25) is 0 Å². The zero-order valence-corrected chi connectivity index (χ0v) is 15.3. The molecular weight excluding hydrogens is 336 g/mol. The van der Waals surface area contributed by atoms with E-state index >= 15 is 0 Å². The number of ether oxygens (including phenoxy) is 2. The molecule has 2 heterocycles. The number of carboxylic acid groups (broad SMARTS) is 1. The van der Waals surface area contributed by atoms with Gasteiger partial charge < -0.3 is 14.6 Å². The van der Waals surface area contributed by atoms with Gasteiger partial charge in [0, 0.05) is 17.9 Å². The van der Waals surface area contributed by atoms with Crippen LogP contribution in [0.4, 0.5) is 0 Å². The number of hydrogen-bond acceptors (Lipinski definition) is 5. The fraction of sp³-hybridized carbons (Fsp3) is 0.750. The summed E-state index contributed by atoms with van der Waals surface area (Å²) in [5, 5.41) is 9.25. The lowest BCUT2D eigenvalue weighted by molar-refractivity contribution is -0.193. The van der Waals surface area contributed by atoms with Crippen molar-refractivity contribution in [2.24, 2.45) is 34.5 Å². The van der Waals surface area contributed by atoms with Gasteiger partial charge in [-0.2, -0.15) is 0 Å². The molecule has 142 valence electrons. The Morgan fingerprint density at radius 2 is 2.00 bits per heavy atom. The van der Waals surface area contributed by atoms with E-state index in [9.17, 15) is 19.5 Å². The molecule has 0 aromatic rings. The molecular formula is C20H26O6. The Morgan fingerprint density at radius 1 is 1.27 bits per heavy atom. The first-order valence-electron chi connectivity index (χ1n) is 9.43. The first-order valence-corrected chi connectivity index (χ1v) is 9.43. The minimum Gasteiger partial charge on any atom is -0.478 e. The Morgan fingerprint density at radius 3 is 2.69 bits per heavy atom. The van der Waals surface area contributed by atoms with Crippen LogP contribution < -0.4 is 0 Å². The maximum absolute atomic E-state index is 13.2. The molecule has 4 fully saturated rings. The van der Waals surface area contributed by atoms with E-state index in [-0.39, 0.29) is 53.2 Å². The highest BCUT2D eigenvalue weighted by atomic mass is 16.5. The van der Waals surface area contributed by atoms with Crippen molar-refractivity contribution in [1.29, 1.82) is 0 Å². The fourth-order valence-electron chi connectivity index (χ4n) is 6.14. The summed E-state index contributed by atoms with van der Waals surface area (Å²) in [6.07, 6.45) is 2.01. The van der Waals surface area contributed by atoms with Crippen LogP contribution in [0.3, 0.4) is 0 Å². The minimum atomic E-state index is -1.02. The minimum absolute atomic E-state index is 0.0288. The Bertz CT molecular complexity index is 694. The third-order valence-electron chi connectivity index (χ3n) is 7.74. The van der Waals surface area contributed by atoms with Crippen LogP contribution in [0.15, 0.2) is 12.2 Å². The SMILES string of the molecule is C=C(C(=O)O)C1CCC2C(C1)C(=O)OCC21C(=O)CC2OCC1C2(C)C. The summed E-state index contributed by atoms with van der Waals surface area (Å²) in [6.45, 7) is 8.64. The molecule has 2 saturated heterocycles. The summed E-state index contributed by atoms with van der Waals surface area (Å²) < 4.78 is 11.5. The lowest BCUT2D eigenvalue weighted by Crippen LogP contribution is -2.63. The van der Waals surface area contributed by atoms with E-state index in [1.165, 1.54) is 0 Å². The molecule has 0 amide bonds. The molecule has 4 rings (SSSR count). The number of cyclic esters (lactones) is 1. The molecule has 6 nitrogen and oxygen atoms in total. The van der Waals surface area contributed by atoms with Crippen LogP contribution >= 0.6 is 0 Å². The van der Waals surface area contributed by atoms with Crippen molar-refractivity contribution in [1.82, 2.24) is 0 Å². The molecule has 2 saturated carbocycles. The topological polar surface area (TPSA) is 89.9 Å². The highest BCUT2D eigenvalue weighted by molar-refractivity contribution is 5.90. The number of esters is 1. The van der Waals surface area contributed by atoms with E-state index in [1.54, 1.807) is 0 Å². The zero-order valence-electron chi connectivity index (χ0n) is 15.3. The van der Waals surface area contributed by atoms with Gasteiger partial charge in [-0.05, 0) is 36.5 Å². The van der Waals surface area contributed by atoms with Gasteiger partial charge in [-0.25, -0.2) is 4.79 Å². The van der Waals surface area contributed by atoms with Gasteiger partial charge in [0.15, 0.2) is 0 Å². The standard InChI is InChI=1S/C20H26O6/c1-10(17(22)23)11-4-5-13-12(6-11)18(24)26-9-20(13)14-8-25-16(7-15(20)21)19(14,2)3/h11-14,16H,1,4-9H2,2-3H3,(H,22,23). The number of ketones is 1. The molecule has 0 radical (unpaired) electrons. The summed E-state index contributed by atoms with van der Waals surface area (Å²) in [5.74, 6) is -1.90. The summed E-state index contributed by atoms with van der Waals surface area (Å²) in [6, 6.07) is 0. The van der Waals surface area contributed by atoms with Gasteiger partial charge >= 0.3 is 11.9 Å². The van der Waals surface area contributed by atoms with E-state index in [0.29, 0.717) is 32.3 Å². The highest BCUT2D eigenvalue weighted by Crippen LogP contribution is 2.62. The normalized spacial score (nSPS) is 43.7. The van der Waals surface area contributed by atoms with Crippen LogP contribution in [0.5, 0.6) is 0 Å². The molecule has 0 aromatic heterocycles. The molecule has 4 aliphatic rings. The lowest BCUT2D eigenvalue weighted by Gasteiger charge is -2.56. The number of carbonyl (C=O) groups is 3. The number of carbonyl (C=O) groups excluding carboxylic acids is 2. The number of Topliss-reactive ketones (excluding diaryl/α,β-unsaturated/α-hetero) is 1. The maximum Gasteiger partial charge on any atom is 0.331 e. The Balaban J connectivity index is 1.69. The average Bonchev–Trinajstić information content (AvgIpc) is 2.80. The van der Waals surface area contributed by atoms with Gasteiger partial charge in [-0.15, -0.1) is 0 Å². The third kappa shape index (κ3) is 2.17. The van der Waals surface area contributed by atoms with Crippen LogP contribution in [-0.2, 0) is 23.9 Å². The van der Waals surface area contributed by atoms with Gasteiger partial charge in [0.05, 0.1) is 24.0 Å². The summed E-state index contributed by atoms with van der Waals surface area (Å²) in [4.78, 5) is 37.0. The smallest absolute Gasteiger partial charge is 0.331 e. The predicted molar refractivity (Wildman–Crippen MR) is 91.1 cm³/mol.